The van der Waals surface area contributed by atoms with Crippen molar-refractivity contribution in [2.45, 2.75) is 24.1 Å². The maximum absolute atomic E-state index is 11.1. The van der Waals surface area contributed by atoms with Crippen LogP contribution < -0.4 is 10.5 Å². The summed E-state index contributed by atoms with van der Waals surface area (Å²) in [4.78, 5) is 8.05. The summed E-state index contributed by atoms with van der Waals surface area (Å²) in [5.41, 5.74) is 0.415. The third kappa shape index (κ3) is 3.80. The number of sulfonamides is 1. The molecule has 0 aliphatic heterocycles. The Bertz CT molecular complexity index is 492. The third-order valence-electron chi connectivity index (χ3n) is 2.03. The fraction of sp³-hybridized carbons (Fsp3) is 0.500. The number of nitrogens with zero attached hydrogens (tertiary/aromatic N) is 2. The fourth-order valence-electron chi connectivity index (χ4n) is 1.00. The average molecular weight is 278 g/mol. The highest BCUT2D eigenvalue weighted by Crippen LogP contribution is 2.17. The number of nitrogens with two attached hydrogens (primary N) is 1. The van der Waals surface area contributed by atoms with Gasteiger partial charge in [-0.2, -0.15) is 0 Å². The molecule has 17 heavy (non-hydrogen) atoms. The van der Waals surface area contributed by atoms with Gasteiger partial charge in [-0.3, -0.25) is 0 Å². The van der Waals surface area contributed by atoms with E-state index in [-0.39, 0.29) is 12.4 Å². The Balaban J connectivity index is 3.03. The van der Waals surface area contributed by atoms with Crippen LogP contribution in [0.3, 0.4) is 0 Å². The molecule has 0 bridgehead atoms. The molecule has 7 nitrogen and oxygen atoms in total. The van der Waals surface area contributed by atoms with Crippen molar-refractivity contribution >= 4 is 27.6 Å². The van der Waals surface area contributed by atoms with E-state index in [1.165, 1.54) is 24.9 Å². The maximum atomic E-state index is 11.1. The molecule has 0 amide bonds. The smallest absolute Gasteiger partial charge is 0.229 e. The van der Waals surface area contributed by atoms with E-state index in [9.17, 15) is 8.42 Å². The molecular formula is C8H14N4O3S2. The van der Waals surface area contributed by atoms with Crippen LogP contribution in [0.15, 0.2) is 11.4 Å². The second kappa shape index (κ2) is 5.63. The van der Waals surface area contributed by atoms with Crippen molar-refractivity contribution in [2.75, 3.05) is 11.6 Å². The molecule has 1 aromatic rings. The lowest BCUT2D eigenvalue weighted by Gasteiger charge is -2.14. The molecule has 0 fully saturated rings. The zero-order valence-electron chi connectivity index (χ0n) is 9.41. The van der Waals surface area contributed by atoms with Crippen molar-refractivity contribution in [1.82, 2.24) is 9.97 Å². The van der Waals surface area contributed by atoms with Gasteiger partial charge in [0.05, 0.1) is 6.61 Å². The van der Waals surface area contributed by atoms with Crippen LogP contribution in [0.5, 0.6) is 0 Å². The van der Waals surface area contributed by atoms with E-state index in [0.717, 1.165) is 0 Å². The molecule has 0 spiro atoms. The van der Waals surface area contributed by atoms with Gasteiger partial charge in [0.2, 0.25) is 10.0 Å². The standard InChI is InChI=1S/C8H14N4O3S2/c1-5(17(9,14)15)11-7-6(4-13)3-10-8(12-7)16-2/h3,5,13H,4H2,1-2H3,(H2,9,14,15)(H,10,11,12). The monoisotopic (exact) mass is 278 g/mol. The van der Waals surface area contributed by atoms with Gasteiger partial charge in [0.1, 0.15) is 11.2 Å². The van der Waals surface area contributed by atoms with Crippen molar-refractivity contribution in [3.63, 3.8) is 0 Å². The van der Waals surface area contributed by atoms with Crippen molar-refractivity contribution in [3.8, 4) is 0 Å². The van der Waals surface area contributed by atoms with E-state index >= 15 is 0 Å². The van der Waals surface area contributed by atoms with Crippen LogP contribution in [-0.2, 0) is 16.6 Å². The molecule has 0 aliphatic carbocycles. The predicted octanol–water partition coefficient (Wildman–Crippen LogP) is -0.263. The van der Waals surface area contributed by atoms with E-state index in [1.807, 2.05) is 0 Å². The van der Waals surface area contributed by atoms with E-state index in [1.54, 1.807) is 6.26 Å². The summed E-state index contributed by atoms with van der Waals surface area (Å²) in [6.07, 6.45) is 3.23. The van der Waals surface area contributed by atoms with Crippen molar-refractivity contribution < 1.29 is 13.5 Å². The van der Waals surface area contributed by atoms with E-state index in [2.05, 4.69) is 15.3 Å². The van der Waals surface area contributed by atoms with Gasteiger partial charge >= 0.3 is 0 Å². The minimum Gasteiger partial charge on any atom is -0.391 e. The number of rotatable bonds is 5. The second-order valence-corrected chi connectivity index (χ2v) is 5.92. The molecule has 4 N–H and O–H groups in total. The van der Waals surface area contributed by atoms with E-state index < -0.39 is 15.4 Å². The Morgan fingerprint density at radius 1 is 1.65 bits per heavy atom. The highest BCUT2D eigenvalue weighted by Gasteiger charge is 2.17. The number of aromatic nitrogens is 2. The van der Waals surface area contributed by atoms with Crippen LogP contribution in [0, 0.1) is 0 Å². The van der Waals surface area contributed by atoms with Crippen LogP contribution in [0.4, 0.5) is 5.82 Å². The normalized spacial score (nSPS) is 13.4. The highest BCUT2D eigenvalue weighted by molar-refractivity contribution is 7.98. The second-order valence-electron chi connectivity index (χ2n) is 3.26. The summed E-state index contributed by atoms with van der Waals surface area (Å²) >= 11 is 1.31. The number of anilines is 1. The number of primary sulfonamides is 1. The van der Waals surface area contributed by atoms with Crippen molar-refractivity contribution in [3.05, 3.63) is 11.8 Å². The summed E-state index contributed by atoms with van der Waals surface area (Å²) in [6, 6.07) is 0. The topological polar surface area (TPSA) is 118 Å². The summed E-state index contributed by atoms with van der Waals surface area (Å²) in [7, 11) is -3.71. The maximum Gasteiger partial charge on any atom is 0.229 e. The number of aliphatic hydroxyl groups excluding tert-OH is 1. The molecule has 1 aromatic heterocycles. The number of thioether (sulfide) groups is 1. The van der Waals surface area contributed by atoms with E-state index in [4.69, 9.17) is 10.2 Å². The zero-order chi connectivity index (χ0) is 13.1. The Hall–Kier alpha value is -0.900. The largest absolute Gasteiger partial charge is 0.391 e. The van der Waals surface area contributed by atoms with Gasteiger partial charge < -0.3 is 10.4 Å². The predicted molar refractivity (Wildman–Crippen MR) is 65.9 cm³/mol. The first-order chi connectivity index (χ1) is 7.88. The molecule has 0 aliphatic rings. The number of nitrogens with one attached hydrogen (secondary N) is 1. The van der Waals surface area contributed by atoms with E-state index in [0.29, 0.717) is 10.7 Å². The number of aliphatic hydroxyl groups is 1. The SMILES string of the molecule is CSc1ncc(CO)c(NC(C)S(N)(=O)=O)n1. The molecule has 1 rings (SSSR count). The minimum atomic E-state index is -3.71. The average Bonchev–Trinajstić information content (AvgIpc) is 2.27. The minimum absolute atomic E-state index is 0.272. The summed E-state index contributed by atoms with van der Waals surface area (Å²) in [5, 5.41) is 16.2. The zero-order valence-corrected chi connectivity index (χ0v) is 11.0. The fourth-order valence-corrected chi connectivity index (χ4v) is 1.62. The van der Waals surface area contributed by atoms with Crippen LogP contribution >= 0.6 is 11.8 Å². The first-order valence-corrected chi connectivity index (χ1v) is 7.50. The molecule has 1 heterocycles. The Morgan fingerprint density at radius 3 is 2.76 bits per heavy atom. The number of hydrogen-bond acceptors (Lipinski definition) is 7. The van der Waals surface area contributed by atoms with Gasteiger partial charge in [-0.05, 0) is 13.2 Å². The van der Waals surface area contributed by atoms with Gasteiger partial charge in [-0.15, -0.1) is 0 Å². The Kier molecular flexibility index (Phi) is 4.69. The van der Waals surface area contributed by atoms with Crippen molar-refractivity contribution in [2.24, 2.45) is 5.14 Å². The van der Waals surface area contributed by atoms with Gasteiger partial charge in [-0.25, -0.2) is 23.5 Å². The Morgan fingerprint density at radius 2 is 2.29 bits per heavy atom. The molecule has 0 aromatic carbocycles. The molecule has 9 heteroatoms. The van der Waals surface area contributed by atoms with Crippen LogP contribution in [0.25, 0.3) is 0 Å². The van der Waals surface area contributed by atoms with Gasteiger partial charge in [0, 0.05) is 11.8 Å². The molecule has 0 saturated heterocycles. The van der Waals surface area contributed by atoms with Crippen LogP contribution in [-0.4, -0.2) is 35.1 Å². The molecule has 0 radical (unpaired) electrons. The Labute approximate surface area is 104 Å². The first-order valence-electron chi connectivity index (χ1n) is 4.67. The summed E-state index contributed by atoms with van der Waals surface area (Å²) in [6.45, 7) is 1.12. The summed E-state index contributed by atoms with van der Waals surface area (Å²) in [5.74, 6) is 0.272. The molecule has 1 unspecified atom stereocenters. The van der Waals surface area contributed by atoms with Crippen LogP contribution in [0.1, 0.15) is 12.5 Å². The number of hydrogen-bond donors (Lipinski definition) is 3. The van der Waals surface area contributed by atoms with Crippen LogP contribution in [0.2, 0.25) is 0 Å². The van der Waals surface area contributed by atoms with Crippen molar-refractivity contribution in [1.29, 1.82) is 0 Å². The van der Waals surface area contributed by atoms with Gasteiger partial charge in [0.25, 0.3) is 0 Å². The quantitative estimate of drug-likeness (QED) is 0.501. The molecule has 96 valence electrons. The third-order valence-corrected chi connectivity index (χ3v) is 3.69. The molecule has 0 saturated carbocycles. The lowest BCUT2D eigenvalue weighted by Crippen LogP contribution is -2.33. The lowest BCUT2D eigenvalue weighted by molar-refractivity contribution is 0.281. The van der Waals surface area contributed by atoms with Gasteiger partial charge in [0.15, 0.2) is 5.16 Å². The molecular weight excluding hydrogens is 264 g/mol. The van der Waals surface area contributed by atoms with Gasteiger partial charge in [-0.1, -0.05) is 11.8 Å². The highest BCUT2D eigenvalue weighted by atomic mass is 32.2. The summed E-state index contributed by atoms with van der Waals surface area (Å²) < 4.78 is 22.2. The lowest BCUT2D eigenvalue weighted by atomic mass is 10.3. The first kappa shape index (κ1) is 14.2. The molecule has 1 atom stereocenters.